The van der Waals surface area contributed by atoms with Gasteiger partial charge >= 0.3 is 0 Å². The molecule has 3 aromatic carbocycles. The summed E-state index contributed by atoms with van der Waals surface area (Å²) in [5.74, 6) is 2.44. The number of H-pyrrole nitrogens is 1. The van der Waals surface area contributed by atoms with E-state index in [0.29, 0.717) is 11.1 Å². The zero-order valence-corrected chi connectivity index (χ0v) is 21.6. The quantitative estimate of drug-likeness (QED) is 0.322. The van der Waals surface area contributed by atoms with Gasteiger partial charge in [-0.1, -0.05) is 54.1 Å². The molecule has 0 amide bonds. The Bertz CT molecular complexity index is 1390. The van der Waals surface area contributed by atoms with Crippen LogP contribution in [0.25, 0.3) is 22.6 Å². The summed E-state index contributed by atoms with van der Waals surface area (Å²) in [5.41, 5.74) is 7.82. The number of hydrogen-bond donors (Lipinski definition) is 2. The molecule has 0 aliphatic carbocycles. The Labute approximate surface area is 219 Å². The zero-order valence-electron chi connectivity index (χ0n) is 20.0. The highest BCUT2D eigenvalue weighted by Crippen LogP contribution is 2.34. The van der Waals surface area contributed by atoms with E-state index in [0.717, 1.165) is 77.9 Å². The number of hydrogen-bond acceptors (Lipinski definition) is 4. The Morgan fingerprint density at radius 2 is 1.86 bits per heavy atom. The van der Waals surface area contributed by atoms with Crippen molar-refractivity contribution in [1.29, 1.82) is 0 Å². The molecule has 0 saturated carbocycles. The molecule has 0 bridgehead atoms. The van der Waals surface area contributed by atoms with Crippen molar-refractivity contribution < 1.29 is 4.21 Å². The summed E-state index contributed by atoms with van der Waals surface area (Å²) in [5, 5.41) is 4.31. The molecule has 3 heterocycles. The predicted molar refractivity (Wildman–Crippen MR) is 149 cm³/mol. The number of aromatic nitrogens is 2. The van der Waals surface area contributed by atoms with Crippen molar-refractivity contribution in [2.45, 2.75) is 31.8 Å². The van der Waals surface area contributed by atoms with Crippen molar-refractivity contribution in [2.24, 2.45) is 0 Å². The lowest BCUT2D eigenvalue weighted by Crippen LogP contribution is -2.42. The molecule has 7 heteroatoms. The van der Waals surface area contributed by atoms with Crippen molar-refractivity contribution >= 4 is 33.8 Å². The molecule has 2 aliphatic heterocycles. The van der Waals surface area contributed by atoms with Crippen LogP contribution in [0.5, 0.6) is 0 Å². The van der Waals surface area contributed by atoms with Gasteiger partial charge in [-0.25, -0.2) is 4.98 Å². The summed E-state index contributed by atoms with van der Waals surface area (Å²) in [7, 11) is -0.616. The van der Waals surface area contributed by atoms with Crippen LogP contribution < -0.4 is 5.32 Å². The molecule has 1 aromatic heterocycles. The molecule has 0 spiro atoms. The molecule has 0 atom stereocenters. The lowest BCUT2D eigenvalue weighted by atomic mass is 9.95. The second kappa shape index (κ2) is 10.2. The maximum Gasteiger partial charge on any atom is 0.139 e. The predicted octanol–water partition coefficient (Wildman–Crippen LogP) is 6.41. The van der Waals surface area contributed by atoms with Crippen molar-refractivity contribution in [2.75, 3.05) is 23.4 Å². The van der Waals surface area contributed by atoms with Gasteiger partial charge < -0.3 is 10.3 Å². The Kier molecular flexibility index (Phi) is 6.65. The normalized spacial score (nSPS) is 20.1. The van der Waals surface area contributed by atoms with Crippen LogP contribution in [0.15, 0.2) is 72.9 Å². The zero-order chi connectivity index (χ0) is 24.5. The fourth-order valence-electron chi connectivity index (χ4n) is 5.37. The minimum absolute atomic E-state index is 0.556. The molecule has 2 N–H and O–H groups in total. The van der Waals surface area contributed by atoms with Crippen LogP contribution in [-0.2, 0) is 23.8 Å². The van der Waals surface area contributed by atoms with Crippen molar-refractivity contribution in [3.8, 4) is 22.6 Å². The second-order valence-corrected chi connectivity index (χ2v) is 11.7. The largest absolute Gasteiger partial charge is 0.355 e. The fourth-order valence-corrected chi connectivity index (χ4v) is 6.85. The number of rotatable bonds is 5. The number of halogens is 1. The highest BCUT2D eigenvalue weighted by molar-refractivity contribution is 7.85. The average molecular weight is 517 g/mol. The van der Waals surface area contributed by atoms with E-state index < -0.39 is 10.8 Å². The highest BCUT2D eigenvalue weighted by Gasteiger charge is 2.27. The molecular weight excluding hydrogens is 488 g/mol. The Hall–Kier alpha value is -2.93. The first-order chi connectivity index (χ1) is 17.6. The SMILES string of the molecule is O=S1CCC(N2CCc3c(cccc3Nc3ccc(Cl)c(-c4ncc(-c5ccccc5)[nH]4)c3)C2)CC1. The van der Waals surface area contributed by atoms with E-state index in [1.165, 1.54) is 11.1 Å². The van der Waals surface area contributed by atoms with Crippen LogP contribution in [0.4, 0.5) is 11.4 Å². The third-order valence-corrected chi connectivity index (χ3v) is 9.04. The number of nitrogens with zero attached hydrogens (tertiary/aromatic N) is 2. The first-order valence-electron chi connectivity index (χ1n) is 12.5. The van der Waals surface area contributed by atoms with E-state index in [1.54, 1.807) is 0 Å². The maximum atomic E-state index is 11.8. The fraction of sp³-hybridized carbons (Fsp3) is 0.276. The van der Waals surface area contributed by atoms with Gasteiger partial charge in [0, 0.05) is 58.4 Å². The molecule has 4 aromatic rings. The van der Waals surface area contributed by atoms with Gasteiger partial charge in [-0.2, -0.15) is 0 Å². The van der Waals surface area contributed by atoms with Gasteiger partial charge in [-0.15, -0.1) is 0 Å². The molecule has 1 fully saturated rings. The molecule has 36 heavy (non-hydrogen) atoms. The van der Waals surface area contributed by atoms with E-state index in [-0.39, 0.29) is 0 Å². The van der Waals surface area contributed by atoms with Gasteiger partial charge in [0.1, 0.15) is 5.82 Å². The molecule has 2 aliphatic rings. The van der Waals surface area contributed by atoms with Crippen LogP contribution in [0, 0.1) is 0 Å². The molecule has 0 radical (unpaired) electrons. The van der Waals surface area contributed by atoms with Crippen LogP contribution in [0.3, 0.4) is 0 Å². The van der Waals surface area contributed by atoms with E-state index in [2.05, 4.69) is 56.6 Å². The van der Waals surface area contributed by atoms with E-state index in [4.69, 9.17) is 11.6 Å². The highest BCUT2D eigenvalue weighted by atomic mass is 35.5. The number of aromatic amines is 1. The topological polar surface area (TPSA) is 61.0 Å². The molecule has 6 rings (SSSR count). The van der Waals surface area contributed by atoms with Gasteiger partial charge in [-0.05, 0) is 60.2 Å². The number of imidazole rings is 1. The number of fused-ring (bicyclic) bond motifs is 1. The summed E-state index contributed by atoms with van der Waals surface area (Å²) >= 11 is 6.59. The van der Waals surface area contributed by atoms with Gasteiger partial charge in [-0.3, -0.25) is 9.11 Å². The minimum atomic E-state index is -0.616. The van der Waals surface area contributed by atoms with Crippen LogP contribution in [0.2, 0.25) is 5.02 Å². The third-order valence-electron chi connectivity index (χ3n) is 7.33. The van der Waals surface area contributed by atoms with Crippen LogP contribution >= 0.6 is 11.6 Å². The smallest absolute Gasteiger partial charge is 0.139 e. The monoisotopic (exact) mass is 516 g/mol. The maximum absolute atomic E-state index is 11.8. The Balaban J connectivity index is 1.22. The van der Waals surface area contributed by atoms with E-state index in [1.807, 2.05) is 36.5 Å². The van der Waals surface area contributed by atoms with Gasteiger partial charge in [0.15, 0.2) is 0 Å². The molecule has 184 valence electrons. The van der Waals surface area contributed by atoms with Gasteiger partial charge in [0.2, 0.25) is 0 Å². The Morgan fingerprint density at radius 1 is 1.03 bits per heavy atom. The lowest BCUT2D eigenvalue weighted by Gasteiger charge is -2.38. The van der Waals surface area contributed by atoms with Gasteiger partial charge in [0.25, 0.3) is 0 Å². The molecule has 5 nitrogen and oxygen atoms in total. The van der Waals surface area contributed by atoms with Crippen molar-refractivity contribution in [3.05, 3.63) is 89.1 Å². The lowest BCUT2D eigenvalue weighted by molar-refractivity contribution is 0.168. The van der Waals surface area contributed by atoms with Crippen LogP contribution in [0.1, 0.15) is 24.0 Å². The molecular formula is C29H29ClN4OS. The molecule has 1 saturated heterocycles. The molecule has 0 unspecified atom stereocenters. The Morgan fingerprint density at radius 3 is 2.69 bits per heavy atom. The van der Waals surface area contributed by atoms with Crippen molar-refractivity contribution in [1.82, 2.24) is 14.9 Å². The van der Waals surface area contributed by atoms with Crippen molar-refractivity contribution in [3.63, 3.8) is 0 Å². The summed E-state index contributed by atoms with van der Waals surface area (Å²) in [4.78, 5) is 10.6. The summed E-state index contributed by atoms with van der Waals surface area (Å²) in [6, 6.07) is 23.3. The first kappa shape index (κ1) is 23.5. The second-order valence-electron chi connectivity index (χ2n) is 9.57. The summed E-state index contributed by atoms with van der Waals surface area (Å²) in [6.07, 6.45) is 4.96. The number of benzene rings is 3. The average Bonchev–Trinajstić information content (AvgIpc) is 3.41. The van der Waals surface area contributed by atoms with E-state index >= 15 is 0 Å². The third kappa shape index (κ3) is 4.85. The summed E-state index contributed by atoms with van der Waals surface area (Å²) < 4.78 is 11.8. The van der Waals surface area contributed by atoms with Crippen LogP contribution in [-0.4, -0.2) is 43.2 Å². The number of nitrogens with one attached hydrogen (secondary N) is 2. The minimum Gasteiger partial charge on any atom is -0.355 e. The summed E-state index contributed by atoms with van der Waals surface area (Å²) in [6.45, 7) is 2.01. The van der Waals surface area contributed by atoms with Gasteiger partial charge in [0.05, 0.1) is 16.9 Å². The first-order valence-corrected chi connectivity index (χ1v) is 14.4. The van der Waals surface area contributed by atoms with E-state index in [9.17, 15) is 4.21 Å². The number of anilines is 2. The standard InChI is InChI=1S/C29H29ClN4OS/c30-26-10-9-22(17-25(26)29-31-18-28(33-29)20-5-2-1-3-6-20)32-27-8-4-7-21-19-34(14-11-24(21)27)23-12-15-36(35)16-13-23/h1-10,17-18,23,32H,11-16,19H2,(H,31,33).